The Labute approximate surface area is 114 Å². The van der Waals surface area contributed by atoms with Gasteiger partial charge in [0.25, 0.3) is 11.6 Å². The lowest BCUT2D eigenvalue weighted by molar-refractivity contribution is -0.385. The highest BCUT2D eigenvalue weighted by Gasteiger charge is 2.20. The van der Waals surface area contributed by atoms with E-state index in [1.807, 2.05) is 0 Å². The number of carbonyl (C=O) groups is 1. The van der Waals surface area contributed by atoms with Crippen LogP contribution in [-0.4, -0.2) is 15.8 Å². The first-order valence-electron chi connectivity index (χ1n) is 5.80. The third-order valence-corrected chi connectivity index (χ3v) is 2.68. The number of benzene rings is 1. The minimum Gasteiger partial charge on any atom is -0.326 e. The molecule has 20 heavy (non-hydrogen) atoms. The maximum absolute atomic E-state index is 12.1. The first-order chi connectivity index (χ1) is 9.61. The van der Waals surface area contributed by atoms with Gasteiger partial charge < -0.3 is 11.1 Å². The number of carbonyl (C=O) groups excluding carboxylic acids is 1. The van der Waals surface area contributed by atoms with Crippen LogP contribution in [0.4, 0.5) is 11.4 Å². The lowest BCUT2D eigenvalue weighted by Gasteiger charge is -2.06. The van der Waals surface area contributed by atoms with Crippen LogP contribution in [0.25, 0.3) is 0 Å². The zero-order valence-corrected chi connectivity index (χ0v) is 10.4. The Kier molecular flexibility index (Phi) is 4.02. The Hall–Kier alpha value is -2.80. The molecule has 102 valence electrons. The summed E-state index contributed by atoms with van der Waals surface area (Å²) in [5.41, 5.74) is 6.27. The maximum Gasteiger partial charge on any atom is 0.282 e. The van der Waals surface area contributed by atoms with Crippen molar-refractivity contribution in [2.75, 3.05) is 5.32 Å². The predicted molar refractivity (Wildman–Crippen MR) is 73.2 cm³/mol. The molecule has 0 aliphatic heterocycles. The molecule has 1 aromatic heterocycles. The summed E-state index contributed by atoms with van der Waals surface area (Å²) >= 11 is 0. The van der Waals surface area contributed by atoms with Gasteiger partial charge in [0.2, 0.25) is 0 Å². The molecule has 1 aromatic carbocycles. The Morgan fingerprint density at radius 3 is 2.60 bits per heavy atom. The third-order valence-electron chi connectivity index (χ3n) is 2.68. The summed E-state index contributed by atoms with van der Waals surface area (Å²) in [5.74, 6) is -0.550. The molecule has 0 saturated carbocycles. The van der Waals surface area contributed by atoms with Crippen LogP contribution in [-0.2, 0) is 6.54 Å². The topological polar surface area (TPSA) is 111 Å². The second kappa shape index (κ2) is 5.89. The number of rotatable bonds is 4. The van der Waals surface area contributed by atoms with Crippen LogP contribution in [0, 0.1) is 10.1 Å². The van der Waals surface area contributed by atoms with Crippen LogP contribution in [0.3, 0.4) is 0 Å². The van der Waals surface area contributed by atoms with Gasteiger partial charge in [0.15, 0.2) is 0 Å². The van der Waals surface area contributed by atoms with Crippen molar-refractivity contribution < 1.29 is 9.72 Å². The summed E-state index contributed by atoms with van der Waals surface area (Å²) < 4.78 is 0. The molecular weight excluding hydrogens is 260 g/mol. The van der Waals surface area contributed by atoms with Gasteiger partial charge in [-0.1, -0.05) is 6.07 Å². The van der Waals surface area contributed by atoms with Gasteiger partial charge in [-0.25, -0.2) is 0 Å². The maximum atomic E-state index is 12.1. The van der Waals surface area contributed by atoms with Crippen LogP contribution in [0.5, 0.6) is 0 Å². The number of nitro benzene ring substituents is 1. The summed E-state index contributed by atoms with van der Waals surface area (Å²) in [7, 11) is 0. The highest BCUT2D eigenvalue weighted by atomic mass is 16.6. The zero-order valence-electron chi connectivity index (χ0n) is 10.4. The zero-order chi connectivity index (χ0) is 14.5. The largest absolute Gasteiger partial charge is 0.326 e. The van der Waals surface area contributed by atoms with Crippen LogP contribution < -0.4 is 11.1 Å². The van der Waals surface area contributed by atoms with Crippen LogP contribution in [0.1, 0.15) is 15.9 Å². The molecule has 0 aliphatic rings. The van der Waals surface area contributed by atoms with Crippen molar-refractivity contribution in [1.82, 2.24) is 4.98 Å². The molecule has 1 heterocycles. The molecule has 2 aromatic rings. The molecule has 7 heteroatoms. The molecule has 7 nitrogen and oxygen atoms in total. The van der Waals surface area contributed by atoms with Crippen molar-refractivity contribution in [3.8, 4) is 0 Å². The number of hydrogen-bond acceptors (Lipinski definition) is 5. The highest BCUT2D eigenvalue weighted by molar-refractivity contribution is 6.07. The first-order valence-corrected chi connectivity index (χ1v) is 5.80. The van der Waals surface area contributed by atoms with E-state index in [1.165, 1.54) is 24.5 Å². The number of amides is 1. The molecule has 2 rings (SSSR count). The molecule has 0 aliphatic carbocycles. The summed E-state index contributed by atoms with van der Waals surface area (Å²) in [6.07, 6.45) is 3.03. The molecule has 0 spiro atoms. The Bertz CT molecular complexity index is 643. The average molecular weight is 272 g/mol. The van der Waals surface area contributed by atoms with E-state index < -0.39 is 10.8 Å². The van der Waals surface area contributed by atoms with Gasteiger partial charge in [0.1, 0.15) is 5.56 Å². The number of nitro groups is 1. The Balaban J connectivity index is 2.32. The van der Waals surface area contributed by atoms with Gasteiger partial charge in [-0.2, -0.15) is 0 Å². The number of nitrogens with one attached hydrogen (secondary N) is 1. The summed E-state index contributed by atoms with van der Waals surface area (Å²) in [4.78, 5) is 26.3. The summed E-state index contributed by atoms with van der Waals surface area (Å²) in [6, 6.07) is 7.49. The quantitative estimate of drug-likeness (QED) is 0.650. The molecule has 0 saturated heterocycles. The van der Waals surface area contributed by atoms with Crippen LogP contribution in [0.15, 0.2) is 42.7 Å². The lowest BCUT2D eigenvalue weighted by atomic mass is 10.1. The molecule has 0 atom stereocenters. The van der Waals surface area contributed by atoms with Gasteiger partial charge in [0.05, 0.1) is 4.92 Å². The standard InChI is InChI=1S/C13H12N4O3/c14-8-9-1-2-11(12(7-9)17(19)20)13(18)16-10-3-5-15-6-4-10/h1-7H,8,14H2,(H,15,16,18). The van der Waals surface area contributed by atoms with E-state index >= 15 is 0 Å². The average Bonchev–Trinajstić information content (AvgIpc) is 2.47. The van der Waals surface area contributed by atoms with Gasteiger partial charge in [-0.15, -0.1) is 0 Å². The van der Waals surface area contributed by atoms with Crippen molar-refractivity contribution in [3.63, 3.8) is 0 Å². The number of pyridine rings is 1. The van der Waals surface area contributed by atoms with Crippen LogP contribution >= 0.6 is 0 Å². The lowest BCUT2D eigenvalue weighted by Crippen LogP contribution is -2.14. The van der Waals surface area contributed by atoms with Crippen molar-refractivity contribution in [2.24, 2.45) is 5.73 Å². The van der Waals surface area contributed by atoms with Gasteiger partial charge in [-0.05, 0) is 23.8 Å². The number of nitrogens with two attached hydrogens (primary N) is 1. The predicted octanol–water partition coefficient (Wildman–Crippen LogP) is 1.70. The minimum absolute atomic E-state index is 0.0102. The Morgan fingerprint density at radius 1 is 1.30 bits per heavy atom. The van der Waals surface area contributed by atoms with E-state index in [2.05, 4.69) is 10.3 Å². The fourth-order valence-electron chi connectivity index (χ4n) is 1.68. The van der Waals surface area contributed by atoms with E-state index in [9.17, 15) is 14.9 Å². The molecule has 0 unspecified atom stereocenters. The normalized spacial score (nSPS) is 10.1. The van der Waals surface area contributed by atoms with E-state index in [0.29, 0.717) is 11.3 Å². The number of hydrogen-bond donors (Lipinski definition) is 2. The second-order valence-electron chi connectivity index (χ2n) is 4.00. The number of nitrogens with zero attached hydrogens (tertiary/aromatic N) is 2. The van der Waals surface area contributed by atoms with Crippen LogP contribution in [0.2, 0.25) is 0 Å². The van der Waals surface area contributed by atoms with Crippen molar-refractivity contribution in [2.45, 2.75) is 6.54 Å². The number of anilines is 1. The van der Waals surface area contributed by atoms with E-state index in [1.54, 1.807) is 18.2 Å². The SMILES string of the molecule is NCc1ccc(C(=O)Nc2ccncc2)c([N+](=O)[O-])c1. The van der Waals surface area contributed by atoms with Crippen molar-refractivity contribution >= 4 is 17.3 Å². The molecule has 0 bridgehead atoms. The van der Waals surface area contributed by atoms with Gasteiger partial charge in [-0.3, -0.25) is 19.9 Å². The van der Waals surface area contributed by atoms with E-state index in [4.69, 9.17) is 5.73 Å². The fourth-order valence-corrected chi connectivity index (χ4v) is 1.68. The summed E-state index contributed by atoms with van der Waals surface area (Å²) in [5, 5.41) is 13.6. The minimum atomic E-state index is -0.597. The molecule has 0 radical (unpaired) electrons. The van der Waals surface area contributed by atoms with E-state index in [0.717, 1.165) is 0 Å². The smallest absolute Gasteiger partial charge is 0.282 e. The second-order valence-corrected chi connectivity index (χ2v) is 4.00. The first kappa shape index (κ1) is 13.6. The monoisotopic (exact) mass is 272 g/mol. The molecule has 1 amide bonds. The summed E-state index contributed by atoms with van der Waals surface area (Å²) in [6.45, 7) is 0.174. The molecule has 0 fully saturated rings. The molecule has 3 N–H and O–H groups in total. The van der Waals surface area contributed by atoms with Crippen molar-refractivity contribution in [3.05, 3.63) is 64.0 Å². The fraction of sp³-hybridized carbons (Fsp3) is 0.0769. The third kappa shape index (κ3) is 2.96. The highest BCUT2D eigenvalue weighted by Crippen LogP contribution is 2.21. The van der Waals surface area contributed by atoms with E-state index in [-0.39, 0.29) is 17.8 Å². The van der Waals surface area contributed by atoms with Gasteiger partial charge in [0, 0.05) is 30.7 Å². The van der Waals surface area contributed by atoms with Crippen molar-refractivity contribution in [1.29, 1.82) is 0 Å². The Morgan fingerprint density at radius 2 is 2.00 bits per heavy atom. The number of aromatic nitrogens is 1. The van der Waals surface area contributed by atoms with Gasteiger partial charge >= 0.3 is 0 Å². The molecular formula is C13H12N4O3.